The largest absolute Gasteiger partial charge is 0.504 e. The van der Waals surface area contributed by atoms with Gasteiger partial charge in [-0.1, -0.05) is 5.16 Å². The second-order valence-corrected chi connectivity index (χ2v) is 5.74. The van der Waals surface area contributed by atoms with Crippen LogP contribution >= 0.6 is 0 Å². The quantitative estimate of drug-likeness (QED) is 0.863. The molecular weight excluding hydrogens is 282 g/mol. The van der Waals surface area contributed by atoms with Crippen molar-refractivity contribution >= 4 is 15.7 Å². The van der Waals surface area contributed by atoms with Crippen molar-refractivity contribution in [1.82, 2.24) is 5.16 Å². The Kier molecular flexibility index (Phi) is 2.93. The summed E-state index contributed by atoms with van der Waals surface area (Å²) in [6.07, 6.45) is 0.627. The lowest BCUT2D eigenvalue weighted by Crippen LogP contribution is -2.05. The van der Waals surface area contributed by atoms with E-state index >= 15 is 0 Å². The van der Waals surface area contributed by atoms with Crippen LogP contribution in [-0.2, 0) is 9.84 Å². The van der Waals surface area contributed by atoms with E-state index in [4.69, 9.17) is 5.73 Å². The maximum Gasteiger partial charge on any atom is 0.222 e. The number of benzene rings is 1. The molecule has 0 amide bonds. The summed E-state index contributed by atoms with van der Waals surface area (Å²) in [5.74, 6) is -4.09. The minimum Gasteiger partial charge on any atom is -0.504 e. The number of nitrogens with two attached hydrogens (primary N) is 1. The summed E-state index contributed by atoms with van der Waals surface area (Å²) in [7, 11) is -4.16. The van der Waals surface area contributed by atoms with Crippen LogP contribution < -0.4 is 5.73 Å². The molecule has 0 aliphatic rings. The van der Waals surface area contributed by atoms with E-state index in [0.29, 0.717) is 12.3 Å². The van der Waals surface area contributed by atoms with Gasteiger partial charge in [-0.3, -0.25) is 0 Å². The van der Waals surface area contributed by atoms with Crippen LogP contribution in [0.1, 0.15) is 0 Å². The second kappa shape index (κ2) is 4.19. The van der Waals surface area contributed by atoms with Crippen molar-refractivity contribution < 1.29 is 26.8 Å². The topological polar surface area (TPSA) is 106 Å². The Balaban J connectivity index is 2.75. The molecule has 1 aromatic carbocycles. The third-order valence-electron chi connectivity index (χ3n) is 2.33. The molecule has 9 heteroatoms. The molecule has 0 bridgehead atoms. The zero-order chi connectivity index (χ0) is 14.4. The van der Waals surface area contributed by atoms with E-state index in [-0.39, 0.29) is 17.1 Å². The Hall–Kier alpha value is -2.16. The molecule has 1 heterocycles. The lowest BCUT2D eigenvalue weighted by atomic mass is 10.1. The number of aromatic hydroxyl groups is 1. The first-order valence-electron chi connectivity index (χ1n) is 4.85. The van der Waals surface area contributed by atoms with Gasteiger partial charge in [0.25, 0.3) is 0 Å². The summed E-state index contributed by atoms with van der Waals surface area (Å²) in [5.41, 5.74) is 4.77. The number of hydrogen-bond donors (Lipinski definition) is 2. The predicted molar refractivity (Wildman–Crippen MR) is 61.0 cm³/mol. The van der Waals surface area contributed by atoms with Gasteiger partial charge in [-0.25, -0.2) is 17.2 Å². The van der Waals surface area contributed by atoms with E-state index in [1.165, 1.54) is 0 Å². The molecule has 0 saturated carbocycles. The SMILES string of the molecule is CS(=O)(=O)c1c(F)cc(-c2cc(N)on2)c(O)c1F. The monoisotopic (exact) mass is 290 g/mol. The van der Waals surface area contributed by atoms with Crippen LogP contribution in [0.25, 0.3) is 11.3 Å². The van der Waals surface area contributed by atoms with E-state index in [1.54, 1.807) is 0 Å². The van der Waals surface area contributed by atoms with Gasteiger partial charge in [-0.2, -0.15) is 0 Å². The summed E-state index contributed by atoms with van der Waals surface area (Å²) in [5, 5.41) is 13.0. The van der Waals surface area contributed by atoms with Gasteiger partial charge in [0.2, 0.25) is 5.88 Å². The Bertz CT molecular complexity index is 755. The molecule has 0 unspecified atom stereocenters. The fourth-order valence-electron chi connectivity index (χ4n) is 1.54. The van der Waals surface area contributed by atoms with Crippen LogP contribution in [0, 0.1) is 11.6 Å². The highest BCUT2D eigenvalue weighted by Crippen LogP contribution is 2.36. The molecule has 0 saturated heterocycles. The number of rotatable bonds is 2. The Morgan fingerprint density at radius 1 is 1.37 bits per heavy atom. The lowest BCUT2D eigenvalue weighted by Gasteiger charge is -2.07. The van der Waals surface area contributed by atoms with Gasteiger partial charge in [-0.05, 0) is 6.07 Å². The first-order chi connectivity index (χ1) is 8.71. The Labute approximate surface area is 106 Å². The van der Waals surface area contributed by atoms with E-state index < -0.39 is 32.1 Å². The van der Waals surface area contributed by atoms with Crippen LogP contribution in [0.15, 0.2) is 21.6 Å². The lowest BCUT2D eigenvalue weighted by molar-refractivity contribution is 0.412. The standard InChI is InChI=1S/C10H8F2N2O4S/c1-19(16,17)10-5(11)2-4(9(15)8(10)12)6-3-7(13)18-14-6/h2-3,15H,13H2,1H3. The molecule has 0 aliphatic carbocycles. The van der Waals surface area contributed by atoms with Gasteiger partial charge in [0, 0.05) is 12.3 Å². The molecule has 2 aromatic rings. The minimum absolute atomic E-state index is 0.118. The molecule has 0 atom stereocenters. The molecule has 3 N–H and O–H groups in total. The third kappa shape index (κ3) is 2.24. The summed E-state index contributed by atoms with van der Waals surface area (Å²) in [6, 6.07) is 1.78. The first-order valence-corrected chi connectivity index (χ1v) is 6.74. The number of phenolic OH excluding ortho intramolecular Hbond substituents is 1. The summed E-state index contributed by atoms with van der Waals surface area (Å²) < 4.78 is 54.4. The van der Waals surface area contributed by atoms with Gasteiger partial charge in [0.15, 0.2) is 21.4 Å². The number of hydrogen-bond acceptors (Lipinski definition) is 6. The van der Waals surface area contributed by atoms with Crippen molar-refractivity contribution in [3.8, 4) is 17.0 Å². The van der Waals surface area contributed by atoms with Crippen molar-refractivity contribution in [1.29, 1.82) is 0 Å². The molecule has 1 aromatic heterocycles. The number of nitrogen functional groups attached to an aromatic ring is 1. The van der Waals surface area contributed by atoms with Crippen LogP contribution in [-0.4, -0.2) is 24.9 Å². The third-order valence-corrected chi connectivity index (χ3v) is 3.44. The van der Waals surface area contributed by atoms with Crippen LogP contribution in [0.5, 0.6) is 5.75 Å². The second-order valence-electron chi connectivity index (χ2n) is 3.78. The molecule has 0 aliphatic heterocycles. The molecule has 102 valence electrons. The number of aromatic nitrogens is 1. The Morgan fingerprint density at radius 3 is 2.47 bits per heavy atom. The van der Waals surface area contributed by atoms with E-state index in [9.17, 15) is 22.3 Å². The zero-order valence-electron chi connectivity index (χ0n) is 9.52. The average molecular weight is 290 g/mol. The van der Waals surface area contributed by atoms with Gasteiger partial charge in [0.1, 0.15) is 16.4 Å². The van der Waals surface area contributed by atoms with Crippen molar-refractivity contribution in [2.24, 2.45) is 0 Å². The fourth-order valence-corrected chi connectivity index (χ4v) is 2.38. The highest BCUT2D eigenvalue weighted by molar-refractivity contribution is 7.90. The first kappa shape index (κ1) is 13.3. The summed E-state index contributed by atoms with van der Waals surface area (Å²) >= 11 is 0. The van der Waals surface area contributed by atoms with Gasteiger partial charge >= 0.3 is 0 Å². The van der Waals surface area contributed by atoms with Crippen LogP contribution in [0.4, 0.5) is 14.7 Å². The maximum absolute atomic E-state index is 13.8. The van der Waals surface area contributed by atoms with Crippen molar-refractivity contribution in [2.45, 2.75) is 4.90 Å². The van der Waals surface area contributed by atoms with E-state index in [2.05, 4.69) is 9.68 Å². The highest BCUT2D eigenvalue weighted by Gasteiger charge is 2.26. The number of anilines is 1. The fraction of sp³-hybridized carbons (Fsp3) is 0.100. The molecule has 2 rings (SSSR count). The molecule has 0 spiro atoms. The van der Waals surface area contributed by atoms with Crippen LogP contribution in [0.2, 0.25) is 0 Å². The minimum atomic E-state index is -4.16. The predicted octanol–water partition coefficient (Wildman–Crippen LogP) is 1.31. The maximum atomic E-state index is 13.8. The number of halogens is 2. The smallest absolute Gasteiger partial charge is 0.222 e. The van der Waals surface area contributed by atoms with Gasteiger partial charge in [0.05, 0.1) is 5.56 Å². The summed E-state index contributed by atoms with van der Waals surface area (Å²) in [6.45, 7) is 0. The van der Waals surface area contributed by atoms with Crippen molar-refractivity contribution in [2.75, 3.05) is 12.0 Å². The Morgan fingerprint density at radius 2 is 2.00 bits per heavy atom. The van der Waals surface area contributed by atoms with Gasteiger partial charge in [-0.15, -0.1) is 0 Å². The highest BCUT2D eigenvalue weighted by atomic mass is 32.2. The summed E-state index contributed by atoms with van der Waals surface area (Å²) in [4.78, 5) is -1.20. The van der Waals surface area contributed by atoms with Crippen molar-refractivity contribution in [3.05, 3.63) is 23.8 Å². The van der Waals surface area contributed by atoms with E-state index in [0.717, 1.165) is 6.07 Å². The normalized spacial score (nSPS) is 11.7. The number of nitrogens with zero attached hydrogens (tertiary/aromatic N) is 1. The molecule has 6 nitrogen and oxygen atoms in total. The van der Waals surface area contributed by atoms with Crippen molar-refractivity contribution in [3.63, 3.8) is 0 Å². The average Bonchev–Trinajstić information content (AvgIpc) is 2.68. The molecule has 0 radical (unpaired) electrons. The van der Waals surface area contributed by atoms with Crippen LogP contribution in [0.3, 0.4) is 0 Å². The number of phenols is 1. The molecule has 0 fully saturated rings. The number of sulfone groups is 1. The zero-order valence-corrected chi connectivity index (χ0v) is 10.3. The molecule has 19 heavy (non-hydrogen) atoms. The van der Waals surface area contributed by atoms with E-state index in [1.807, 2.05) is 0 Å². The molecular formula is C10H8F2N2O4S. The van der Waals surface area contributed by atoms with Gasteiger partial charge < -0.3 is 15.4 Å².